The summed E-state index contributed by atoms with van der Waals surface area (Å²) in [5.74, 6) is 0.982. The largest absolute Gasteiger partial charge is 0.497 e. The molecule has 0 saturated carbocycles. The van der Waals surface area contributed by atoms with Crippen LogP contribution in [0.3, 0.4) is 0 Å². The summed E-state index contributed by atoms with van der Waals surface area (Å²) in [5, 5.41) is 2.84. The van der Waals surface area contributed by atoms with Gasteiger partial charge in [-0.25, -0.2) is 5.43 Å². The van der Waals surface area contributed by atoms with E-state index in [0.29, 0.717) is 28.5 Å². The minimum Gasteiger partial charge on any atom is -0.497 e. The average Bonchev–Trinajstić information content (AvgIpc) is 2.85. The number of nitrogens with one attached hydrogen (secondary N) is 3. The van der Waals surface area contributed by atoms with Gasteiger partial charge in [0.15, 0.2) is 11.5 Å². The Labute approximate surface area is 185 Å². The van der Waals surface area contributed by atoms with Crippen molar-refractivity contribution in [3.05, 3.63) is 84.4 Å². The summed E-state index contributed by atoms with van der Waals surface area (Å²) >= 11 is 0. The fraction of sp³-hybridized carbons (Fsp3) is 0.167. The second-order valence-corrected chi connectivity index (χ2v) is 7.06. The molecule has 4 rings (SSSR count). The maximum Gasteiger partial charge on any atom is 0.278 e. The van der Waals surface area contributed by atoms with Gasteiger partial charge in [-0.1, -0.05) is 42.5 Å². The van der Waals surface area contributed by atoms with Gasteiger partial charge in [-0.05, 0) is 42.0 Å². The van der Waals surface area contributed by atoms with Crippen molar-refractivity contribution in [3.8, 4) is 17.2 Å². The molecule has 0 saturated heterocycles. The average molecular weight is 433 g/mol. The van der Waals surface area contributed by atoms with Crippen LogP contribution in [0.5, 0.6) is 17.2 Å². The van der Waals surface area contributed by atoms with Gasteiger partial charge in [0.25, 0.3) is 5.91 Å². The molecular weight excluding hydrogens is 410 g/mol. The third kappa shape index (κ3) is 4.98. The van der Waals surface area contributed by atoms with Gasteiger partial charge in [-0.3, -0.25) is 15.0 Å². The monoisotopic (exact) mass is 433 g/mol. The van der Waals surface area contributed by atoms with Gasteiger partial charge in [-0.2, -0.15) is 0 Å². The van der Waals surface area contributed by atoms with E-state index >= 15 is 0 Å². The molecule has 1 heterocycles. The number of benzene rings is 3. The summed E-state index contributed by atoms with van der Waals surface area (Å²) in [7, 11) is 1.57. The van der Waals surface area contributed by atoms with E-state index in [1.54, 1.807) is 61.7 Å². The van der Waals surface area contributed by atoms with Crippen LogP contribution < -0.4 is 30.4 Å². The van der Waals surface area contributed by atoms with Crippen molar-refractivity contribution in [3.63, 3.8) is 0 Å². The highest BCUT2D eigenvalue weighted by Gasteiger charge is 2.29. The molecule has 1 aliphatic heterocycles. The van der Waals surface area contributed by atoms with E-state index in [0.717, 1.165) is 0 Å². The van der Waals surface area contributed by atoms with Crippen molar-refractivity contribution >= 4 is 17.5 Å². The Bertz CT molecular complexity index is 1070. The standard InChI is InChI=1S/C24H23N3O5/c1-30-18-13-11-17(12-14-18)25-24(29)22(16-7-3-2-4-8-16)26-27-23(28)21-15-31-19-9-5-6-10-20(19)32-21/h2-14,21-22,26H,15H2,1H3,(H,25,29)(H,27,28)/t21-,22-/m1/s1. The summed E-state index contributed by atoms with van der Waals surface area (Å²) in [4.78, 5) is 25.7. The lowest BCUT2D eigenvalue weighted by molar-refractivity contribution is -0.132. The van der Waals surface area contributed by atoms with Gasteiger partial charge in [-0.15, -0.1) is 0 Å². The van der Waals surface area contributed by atoms with Crippen molar-refractivity contribution in [1.29, 1.82) is 0 Å². The molecule has 3 aromatic carbocycles. The summed E-state index contributed by atoms with van der Waals surface area (Å²) < 4.78 is 16.5. The fourth-order valence-corrected chi connectivity index (χ4v) is 3.21. The van der Waals surface area contributed by atoms with Crippen molar-refractivity contribution in [1.82, 2.24) is 10.9 Å². The summed E-state index contributed by atoms with van der Waals surface area (Å²) in [6.07, 6.45) is -0.849. The highest BCUT2D eigenvalue weighted by Crippen LogP contribution is 2.30. The lowest BCUT2D eigenvalue weighted by Gasteiger charge is -2.26. The molecule has 8 nitrogen and oxygen atoms in total. The molecule has 1 aliphatic rings. The lowest BCUT2D eigenvalue weighted by atomic mass is 10.1. The van der Waals surface area contributed by atoms with Gasteiger partial charge in [0, 0.05) is 5.69 Å². The Balaban J connectivity index is 1.43. The van der Waals surface area contributed by atoms with Crippen LogP contribution in [-0.4, -0.2) is 31.6 Å². The summed E-state index contributed by atoms with van der Waals surface area (Å²) in [6.45, 7) is 0.0680. The zero-order valence-electron chi connectivity index (χ0n) is 17.4. The normalized spacial score (nSPS) is 15.3. The Hall–Kier alpha value is -4.04. The molecule has 0 aliphatic carbocycles. The number of carbonyl (C=O) groups is 2. The number of rotatable bonds is 7. The van der Waals surface area contributed by atoms with Gasteiger partial charge >= 0.3 is 0 Å². The highest BCUT2D eigenvalue weighted by atomic mass is 16.6. The van der Waals surface area contributed by atoms with Gasteiger partial charge in [0.05, 0.1) is 7.11 Å². The lowest BCUT2D eigenvalue weighted by Crippen LogP contribution is -2.51. The second kappa shape index (κ2) is 9.84. The number of anilines is 1. The van der Waals surface area contributed by atoms with Gasteiger partial charge < -0.3 is 19.5 Å². The Morgan fingerprint density at radius 2 is 1.62 bits per heavy atom. The zero-order valence-corrected chi connectivity index (χ0v) is 17.4. The smallest absolute Gasteiger partial charge is 0.278 e. The topological polar surface area (TPSA) is 97.9 Å². The maximum absolute atomic E-state index is 13.0. The van der Waals surface area contributed by atoms with Crippen LogP contribution in [0.15, 0.2) is 78.9 Å². The molecule has 0 unspecified atom stereocenters. The molecular formula is C24H23N3O5. The van der Waals surface area contributed by atoms with Crippen LogP contribution in [0.2, 0.25) is 0 Å². The van der Waals surface area contributed by atoms with Crippen molar-refractivity contribution in [2.24, 2.45) is 0 Å². The van der Waals surface area contributed by atoms with Crippen LogP contribution in [0.1, 0.15) is 11.6 Å². The second-order valence-electron chi connectivity index (χ2n) is 7.06. The van der Waals surface area contributed by atoms with Crippen LogP contribution in [0, 0.1) is 0 Å². The Morgan fingerprint density at radius 1 is 0.938 bits per heavy atom. The number of ether oxygens (including phenoxy) is 3. The van der Waals surface area contributed by atoms with E-state index in [2.05, 4.69) is 16.2 Å². The van der Waals surface area contributed by atoms with Gasteiger partial charge in [0.1, 0.15) is 18.4 Å². The highest BCUT2D eigenvalue weighted by molar-refractivity contribution is 5.96. The van der Waals surface area contributed by atoms with Crippen molar-refractivity contribution < 1.29 is 23.8 Å². The summed E-state index contributed by atoms with van der Waals surface area (Å²) in [5.41, 5.74) is 6.71. The molecule has 2 atom stereocenters. The third-order valence-electron chi connectivity index (χ3n) is 4.89. The van der Waals surface area contributed by atoms with E-state index in [-0.39, 0.29) is 12.5 Å². The first-order valence-corrected chi connectivity index (χ1v) is 10.1. The Morgan fingerprint density at radius 3 is 2.34 bits per heavy atom. The van der Waals surface area contributed by atoms with Crippen LogP contribution in [0.25, 0.3) is 0 Å². The molecule has 0 aromatic heterocycles. The first-order valence-electron chi connectivity index (χ1n) is 10.1. The first kappa shape index (κ1) is 21.2. The molecule has 164 valence electrons. The van der Waals surface area contributed by atoms with Crippen LogP contribution in [-0.2, 0) is 9.59 Å². The van der Waals surface area contributed by atoms with Crippen molar-refractivity contribution in [2.75, 3.05) is 19.0 Å². The number of carbonyl (C=O) groups excluding carboxylic acids is 2. The number of hydrazine groups is 1. The van der Waals surface area contributed by atoms with E-state index in [1.807, 2.05) is 24.3 Å². The number of hydrogen-bond acceptors (Lipinski definition) is 6. The zero-order chi connectivity index (χ0) is 22.3. The van der Waals surface area contributed by atoms with Crippen LogP contribution in [0.4, 0.5) is 5.69 Å². The molecule has 0 fully saturated rings. The fourth-order valence-electron chi connectivity index (χ4n) is 3.21. The third-order valence-corrected chi connectivity index (χ3v) is 4.89. The molecule has 2 amide bonds. The number of fused-ring (bicyclic) bond motifs is 1. The predicted octanol–water partition coefficient (Wildman–Crippen LogP) is 2.84. The number of hydrogen-bond donors (Lipinski definition) is 3. The maximum atomic E-state index is 13.0. The van der Waals surface area contributed by atoms with Crippen LogP contribution >= 0.6 is 0 Å². The predicted molar refractivity (Wildman–Crippen MR) is 118 cm³/mol. The molecule has 0 spiro atoms. The minimum absolute atomic E-state index is 0.0680. The SMILES string of the molecule is COc1ccc(NC(=O)[C@H](NNC(=O)[C@H]2COc3ccccc3O2)c2ccccc2)cc1. The van der Waals surface area contributed by atoms with E-state index < -0.39 is 18.1 Å². The van der Waals surface area contributed by atoms with E-state index in [9.17, 15) is 9.59 Å². The molecule has 0 radical (unpaired) electrons. The first-order chi connectivity index (χ1) is 15.6. The molecule has 3 N–H and O–H groups in total. The van der Waals surface area contributed by atoms with E-state index in [1.165, 1.54) is 0 Å². The van der Waals surface area contributed by atoms with E-state index in [4.69, 9.17) is 14.2 Å². The summed E-state index contributed by atoms with van der Waals surface area (Å²) in [6, 6.07) is 22.4. The Kier molecular flexibility index (Phi) is 6.52. The number of para-hydroxylation sites is 2. The quantitative estimate of drug-likeness (QED) is 0.496. The van der Waals surface area contributed by atoms with Crippen molar-refractivity contribution in [2.45, 2.75) is 12.1 Å². The number of methoxy groups -OCH3 is 1. The molecule has 0 bridgehead atoms. The molecule has 8 heteroatoms. The minimum atomic E-state index is -0.849. The number of amides is 2. The van der Waals surface area contributed by atoms with Gasteiger partial charge in [0.2, 0.25) is 12.0 Å². The molecule has 32 heavy (non-hydrogen) atoms. The molecule has 3 aromatic rings.